The second-order valence-electron chi connectivity index (χ2n) is 5.69. The quantitative estimate of drug-likeness (QED) is 0.807. The minimum absolute atomic E-state index is 0. The number of ether oxygens (including phenoxy) is 2. The van der Waals surface area contributed by atoms with Crippen LogP contribution in [-0.4, -0.2) is 42.4 Å². The number of aliphatic hydroxyl groups excluding tert-OH is 1. The molecule has 2 unspecified atom stereocenters. The molecule has 1 aromatic carbocycles. The summed E-state index contributed by atoms with van der Waals surface area (Å²) in [6, 6.07) is 5.90. The number of likely N-dealkylation sites (tertiary alicyclic amines) is 1. The molecule has 1 fully saturated rings. The topological polar surface area (TPSA) is 41.9 Å². The Bertz CT molecular complexity index is 463. The number of hydrogen-bond acceptors (Lipinski definition) is 4. The maximum atomic E-state index is 10.6. The third-order valence-corrected chi connectivity index (χ3v) is 4.33. The van der Waals surface area contributed by atoms with Crippen LogP contribution in [0.25, 0.3) is 0 Å². The number of aliphatic hydroxyl groups is 1. The van der Waals surface area contributed by atoms with E-state index >= 15 is 0 Å². The van der Waals surface area contributed by atoms with Crippen LogP contribution in [0.3, 0.4) is 0 Å². The number of rotatable bonds is 3. The van der Waals surface area contributed by atoms with Crippen molar-refractivity contribution in [3.8, 4) is 11.5 Å². The van der Waals surface area contributed by atoms with Crippen molar-refractivity contribution < 1.29 is 27.0 Å². The highest BCUT2D eigenvalue weighted by atomic mass is 35.5. The number of piperidine rings is 1. The molecule has 2 aliphatic heterocycles. The molecule has 4 nitrogen and oxygen atoms in total. The molecule has 2 heterocycles. The SMILES string of the molecule is CC(C(O)c1ccc2c(c1)OCCO2)N1CCCCC1.[Cl-]. The van der Waals surface area contributed by atoms with Gasteiger partial charge in [0.05, 0.1) is 6.10 Å². The van der Waals surface area contributed by atoms with Crippen molar-refractivity contribution in [2.45, 2.75) is 38.3 Å². The monoisotopic (exact) mass is 312 g/mol. The van der Waals surface area contributed by atoms with Crippen molar-refractivity contribution in [2.24, 2.45) is 0 Å². The third-order valence-electron chi connectivity index (χ3n) is 4.33. The average molecular weight is 313 g/mol. The fraction of sp³-hybridized carbons (Fsp3) is 0.625. The molecule has 2 aliphatic rings. The molecule has 0 radical (unpaired) electrons. The van der Waals surface area contributed by atoms with E-state index in [0.717, 1.165) is 30.2 Å². The van der Waals surface area contributed by atoms with Gasteiger partial charge in [-0.3, -0.25) is 4.90 Å². The molecule has 0 bridgehead atoms. The van der Waals surface area contributed by atoms with Crippen molar-refractivity contribution in [1.82, 2.24) is 4.90 Å². The second-order valence-corrected chi connectivity index (χ2v) is 5.69. The molecule has 1 aromatic rings. The molecule has 21 heavy (non-hydrogen) atoms. The number of nitrogens with zero attached hydrogens (tertiary/aromatic N) is 1. The van der Waals surface area contributed by atoms with Crippen LogP contribution < -0.4 is 21.9 Å². The highest BCUT2D eigenvalue weighted by molar-refractivity contribution is 5.44. The first-order chi connectivity index (χ1) is 9.75. The standard InChI is InChI=1S/C16H23NO3.ClH/c1-12(17-7-3-2-4-8-17)16(18)13-5-6-14-15(11-13)20-10-9-19-14;/h5-6,11-12,16,18H,2-4,7-10H2,1H3;1H/p-1. The molecule has 1 saturated heterocycles. The van der Waals surface area contributed by atoms with E-state index in [0.29, 0.717) is 13.2 Å². The zero-order chi connectivity index (χ0) is 13.9. The zero-order valence-corrected chi connectivity index (χ0v) is 13.2. The lowest BCUT2D eigenvalue weighted by Gasteiger charge is -2.35. The Kier molecular flexibility index (Phi) is 5.73. The van der Waals surface area contributed by atoms with Gasteiger partial charge in [0.2, 0.25) is 0 Å². The van der Waals surface area contributed by atoms with Crippen molar-refractivity contribution >= 4 is 0 Å². The van der Waals surface area contributed by atoms with Crippen LogP contribution in [-0.2, 0) is 0 Å². The predicted molar refractivity (Wildman–Crippen MR) is 77.3 cm³/mol. The van der Waals surface area contributed by atoms with Gasteiger partial charge in [0.1, 0.15) is 13.2 Å². The van der Waals surface area contributed by atoms with E-state index in [-0.39, 0.29) is 18.4 Å². The lowest BCUT2D eigenvalue weighted by molar-refractivity contribution is -0.00000672. The van der Waals surface area contributed by atoms with Gasteiger partial charge < -0.3 is 27.0 Å². The van der Waals surface area contributed by atoms with Crippen molar-refractivity contribution in [3.05, 3.63) is 23.8 Å². The van der Waals surface area contributed by atoms with Crippen LogP contribution in [0.15, 0.2) is 18.2 Å². The molecular weight excluding hydrogens is 290 g/mol. The fourth-order valence-corrected chi connectivity index (χ4v) is 3.05. The minimum Gasteiger partial charge on any atom is -1.00 e. The Labute approximate surface area is 132 Å². The third kappa shape index (κ3) is 3.62. The number of fused-ring (bicyclic) bond motifs is 1. The highest BCUT2D eigenvalue weighted by Gasteiger charge is 2.25. The molecule has 0 saturated carbocycles. The van der Waals surface area contributed by atoms with Gasteiger partial charge in [-0.15, -0.1) is 0 Å². The Morgan fingerprint density at radius 3 is 2.43 bits per heavy atom. The highest BCUT2D eigenvalue weighted by Crippen LogP contribution is 2.34. The van der Waals surface area contributed by atoms with Crippen LogP contribution in [0.2, 0.25) is 0 Å². The molecule has 2 atom stereocenters. The summed E-state index contributed by atoms with van der Waals surface area (Å²) >= 11 is 0. The summed E-state index contributed by atoms with van der Waals surface area (Å²) in [6.45, 7) is 5.45. The van der Waals surface area contributed by atoms with Gasteiger partial charge in [-0.1, -0.05) is 12.5 Å². The van der Waals surface area contributed by atoms with Gasteiger partial charge in [-0.05, 0) is 50.6 Å². The van der Waals surface area contributed by atoms with Crippen molar-refractivity contribution in [1.29, 1.82) is 0 Å². The van der Waals surface area contributed by atoms with E-state index in [1.54, 1.807) is 0 Å². The fourth-order valence-electron chi connectivity index (χ4n) is 3.05. The molecule has 0 aromatic heterocycles. The smallest absolute Gasteiger partial charge is 0.161 e. The summed E-state index contributed by atoms with van der Waals surface area (Å²) in [5.74, 6) is 1.52. The Hall–Kier alpha value is -0.970. The lowest BCUT2D eigenvalue weighted by Crippen LogP contribution is -3.00. The van der Waals surface area contributed by atoms with Gasteiger partial charge in [0, 0.05) is 6.04 Å². The number of halogens is 1. The molecule has 3 rings (SSSR count). The van der Waals surface area contributed by atoms with Gasteiger partial charge in [0.25, 0.3) is 0 Å². The predicted octanol–water partition coefficient (Wildman–Crippen LogP) is -0.630. The first kappa shape index (κ1) is 16.4. The first-order valence-corrected chi connectivity index (χ1v) is 7.57. The second kappa shape index (κ2) is 7.34. The van der Waals surface area contributed by atoms with Gasteiger partial charge in [-0.25, -0.2) is 0 Å². The largest absolute Gasteiger partial charge is 1.00 e. The molecule has 0 spiro atoms. The maximum absolute atomic E-state index is 10.6. The van der Waals surface area contributed by atoms with Crippen LogP contribution in [0, 0.1) is 0 Å². The summed E-state index contributed by atoms with van der Waals surface area (Å²) < 4.78 is 11.1. The van der Waals surface area contributed by atoms with Crippen molar-refractivity contribution in [2.75, 3.05) is 26.3 Å². The summed E-state index contributed by atoms with van der Waals surface area (Å²) in [7, 11) is 0. The number of hydrogen-bond donors (Lipinski definition) is 1. The van der Waals surface area contributed by atoms with E-state index in [9.17, 15) is 5.11 Å². The molecule has 0 aliphatic carbocycles. The summed E-state index contributed by atoms with van der Waals surface area (Å²) in [6.07, 6.45) is 3.30. The summed E-state index contributed by atoms with van der Waals surface area (Å²) in [5.41, 5.74) is 0.910. The van der Waals surface area contributed by atoms with Crippen LogP contribution >= 0.6 is 0 Å². The zero-order valence-electron chi connectivity index (χ0n) is 12.4. The molecular formula is C16H23ClNO3-. The lowest BCUT2D eigenvalue weighted by atomic mass is 9.99. The maximum Gasteiger partial charge on any atom is 0.161 e. The Morgan fingerprint density at radius 1 is 1.05 bits per heavy atom. The average Bonchev–Trinajstić information content (AvgIpc) is 2.54. The van der Waals surface area contributed by atoms with Gasteiger partial charge in [0.15, 0.2) is 11.5 Å². The van der Waals surface area contributed by atoms with Crippen molar-refractivity contribution in [3.63, 3.8) is 0 Å². The van der Waals surface area contributed by atoms with Gasteiger partial charge in [-0.2, -0.15) is 0 Å². The number of benzene rings is 1. The summed E-state index contributed by atoms with van der Waals surface area (Å²) in [4.78, 5) is 2.38. The van der Waals surface area contributed by atoms with E-state index in [1.807, 2.05) is 18.2 Å². The van der Waals surface area contributed by atoms with E-state index in [2.05, 4.69) is 11.8 Å². The minimum atomic E-state index is -0.482. The van der Waals surface area contributed by atoms with Crippen LogP contribution in [0.1, 0.15) is 37.9 Å². The molecule has 0 amide bonds. The van der Waals surface area contributed by atoms with Gasteiger partial charge >= 0.3 is 0 Å². The first-order valence-electron chi connectivity index (χ1n) is 7.57. The Morgan fingerprint density at radius 2 is 1.71 bits per heavy atom. The van der Waals surface area contributed by atoms with Crippen LogP contribution in [0.5, 0.6) is 11.5 Å². The van der Waals surface area contributed by atoms with E-state index < -0.39 is 6.10 Å². The normalized spacial score (nSPS) is 21.2. The molecule has 5 heteroatoms. The Balaban J connectivity index is 0.00000161. The molecule has 1 N–H and O–H groups in total. The summed E-state index contributed by atoms with van der Waals surface area (Å²) in [5, 5.41) is 10.6. The van der Waals surface area contributed by atoms with E-state index in [1.165, 1.54) is 19.3 Å². The van der Waals surface area contributed by atoms with E-state index in [4.69, 9.17) is 9.47 Å². The molecule has 118 valence electrons. The van der Waals surface area contributed by atoms with Crippen LogP contribution in [0.4, 0.5) is 0 Å².